The van der Waals surface area contributed by atoms with E-state index < -0.39 is 6.10 Å². The Morgan fingerprint density at radius 2 is 1.57 bits per heavy atom. The number of amides is 2. The zero-order valence-corrected chi connectivity index (χ0v) is 17.4. The van der Waals surface area contributed by atoms with Crippen LogP contribution in [0.4, 0.5) is 5.69 Å². The maximum absolute atomic E-state index is 12.8. The lowest BCUT2D eigenvalue weighted by molar-refractivity contribution is -0.122. The van der Waals surface area contributed by atoms with Gasteiger partial charge in [0.2, 0.25) is 0 Å². The summed E-state index contributed by atoms with van der Waals surface area (Å²) in [6.07, 6.45) is -0.717. The minimum atomic E-state index is -0.717. The van der Waals surface area contributed by atoms with Crippen LogP contribution >= 0.6 is 0 Å². The second-order valence-electron chi connectivity index (χ2n) is 7.22. The molecular weight excluding hydrogens is 376 g/mol. The van der Waals surface area contributed by atoms with Crippen molar-refractivity contribution in [1.82, 2.24) is 5.32 Å². The minimum Gasteiger partial charge on any atom is -0.481 e. The molecule has 0 aliphatic rings. The van der Waals surface area contributed by atoms with E-state index in [9.17, 15) is 9.59 Å². The summed E-state index contributed by atoms with van der Waals surface area (Å²) in [6.45, 7) is 5.56. The van der Waals surface area contributed by atoms with Crippen LogP contribution in [-0.4, -0.2) is 17.9 Å². The fourth-order valence-corrected chi connectivity index (χ4v) is 3.07. The van der Waals surface area contributed by atoms with Crippen LogP contribution in [0.2, 0.25) is 0 Å². The quantitative estimate of drug-likeness (QED) is 0.591. The average molecular weight is 402 g/mol. The topological polar surface area (TPSA) is 67.4 Å². The molecule has 154 valence electrons. The number of carbonyl (C=O) groups is 2. The van der Waals surface area contributed by atoms with E-state index in [1.54, 1.807) is 31.2 Å². The van der Waals surface area contributed by atoms with Gasteiger partial charge in [-0.05, 0) is 56.2 Å². The molecule has 2 atom stereocenters. The molecular formula is C25H26N2O3. The van der Waals surface area contributed by atoms with Crippen molar-refractivity contribution in [2.45, 2.75) is 32.9 Å². The van der Waals surface area contributed by atoms with Gasteiger partial charge < -0.3 is 15.4 Å². The Hall–Kier alpha value is -3.60. The molecule has 0 bridgehead atoms. The maximum atomic E-state index is 12.8. The molecule has 0 radical (unpaired) electrons. The molecule has 3 aromatic carbocycles. The Kier molecular flexibility index (Phi) is 6.86. The molecule has 2 N–H and O–H groups in total. The van der Waals surface area contributed by atoms with Gasteiger partial charge in [-0.3, -0.25) is 9.59 Å². The lowest BCUT2D eigenvalue weighted by atomic mass is 10.1. The normalized spacial score (nSPS) is 12.5. The molecule has 0 aliphatic carbocycles. The van der Waals surface area contributed by atoms with Gasteiger partial charge in [-0.1, -0.05) is 54.6 Å². The number of rotatable bonds is 7. The van der Waals surface area contributed by atoms with Crippen LogP contribution in [0.25, 0.3) is 0 Å². The highest BCUT2D eigenvalue weighted by atomic mass is 16.5. The van der Waals surface area contributed by atoms with Crippen LogP contribution < -0.4 is 15.4 Å². The SMILES string of the molecule is Cc1cccc(O[C@H](C)C(=O)Nc2ccccc2C(=O)N[C@@H](C)c2ccccc2)c1. The number of para-hydroxylation sites is 1. The lowest BCUT2D eigenvalue weighted by Gasteiger charge is -2.18. The first-order valence-electron chi connectivity index (χ1n) is 9.93. The van der Waals surface area contributed by atoms with Crippen molar-refractivity contribution < 1.29 is 14.3 Å². The van der Waals surface area contributed by atoms with Gasteiger partial charge in [0.1, 0.15) is 5.75 Å². The summed E-state index contributed by atoms with van der Waals surface area (Å²) in [5.74, 6) is 0.0442. The van der Waals surface area contributed by atoms with Crippen LogP contribution in [0.3, 0.4) is 0 Å². The monoisotopic (exact) mass is 402 g/mol. The average Bonchev–Trinajstić information content (AvgIpc) is 2.74. The number of carbonyl (C=O) groups excluding carboxylic acids is 2. The summed E-state index contributed by atoms with van der Waals surface area (Å²) in [6, 6.07) is 24.0. The summed E-state index contributed by atoms with van der Waals surface area (Å²) >= 11 is 0. The van der Waals surface area contributed by atoms with Gasteiger partial charge >= 0.3 is 0 Å². The lowest BCUT2D eigenvalue weighted by Crippen LogP contribution is -2.32. The van der Waals surface area contributed by atoms with E-state index in [1.165, 1.54) is 0 Å². The number of nitrogens with one attached hydrogen (secondary N) is 2. The maximum Gasteiger partial charge on any atom is 0.265 e. The standard InChI is InChI=1S/C25H26N2O3/c1-17-10-9-13-21(16-17)30-19(3)24(28)27-23-15-8-7-14-22(23)25(29)26-18(2)20-11-5-4-6-12-20/h4-16,18-19H,1-3H3,(H,26,29)(H,27,28)/t18-,19+/m0/s1. The van der Waals surface area contributed by atoms with E-state index >= 15 is 0 Å². The number of anilines is 1. The highest BCUT2D eigenvalue weighted by Gasteiger charge is 2.19. The Bertz CT molecular complexity index is 1020. The Morgan fingerprint density at radius 3 is 2.30 bits per heavy atom. The van der Waals surface area contributed by atoms with E-state index in [0.29, 0.717) is 17.0 Å². The van der Waals surface area contributed by atoms with Crippen LogP contribution in [-0.2, 0) is 4.79 Å². The highest BCUT2D eigenvalue weighted by Crippen LogP contribution is 2.19. The number of aryl methyl sites for hydroxylation is 1. The van der Waals surface area contributed by atoms with Crippen molar-refractivity contribution in [2.75, 3.05) is 5.32 Å². The van der Waals surface area contributed by atoms with Gasteiger partial charge in [0.15, 0.2) is 6.10 Å². The summed E-state index contributed by atoms with van der Waals surface area (Å²) in [5, 5.41) is 5.79. The van der Waals surface area contributed by atoms with Crippen LogP contribution in [0, 0.1) is 6.92 Å². The second kappa shape index (κ2) is 9.74. The molecule has 3 aromatic rings. The molecule has 2 amide bonds. The Morgan fingerprint density at radius 1 is 0.867 bits per heavy atom. The van der Waals surface area contributed by atoms with Gasteiger partial charge in [-0.2, -0.15) is 0 Å². The number of hydrogen-bond donors (Lipinski definition) is 2. The third kappa shape index (κ3) is 5.47. The molecule has 5 nitrogen and oxygen atoms in total. The van der Waals surface area contributed by atoms with E-state index in [2.05, 4.69) is 10.6 Å². The molecule has 0 heterocycles. The predicted molar refractivity (Wildman–Crippen MR) is 119 cm³/mol. The molecule has 30 heavy (non-hydrogen) atoms. The predicted octanol–water partition coefficient (Wildman–Crippen LogP) is 4.89. The van der Waals surface area contributed by atoms with E-state index in [0.717, 1.165) is 11.1 Å². The highest BCUT2D eigenvalue weighted by molar-refractivity contribution is 6.04. The fourth-order valence-electron chi connectivity index (χ4n) is 3.07. The van der Waals surface area contributed by atoms with Crippen molar-refractivity contribution in [3.63, 3.8) is 0 Å². The third-order valence-electron chi connectivity index (χ3n) is 4.75. The third-order valence-corrected chi connectivity index (χ3v) is 4.75. The van der Waals surface area contributed by atoms with Gasteiger partial charge in [0.05, 0.1) is 17.3 Å². The van der Waals surface area contributed by atoms with Crippen molar-refractivity contribution in [3.8, 4) is 5.75 Å². The van der Waals surface area contributed by atoms with Crippen LogP contribution in [0.1, 0.15) is 41.4 Å². The zero-order chi connectivity index (χ0) is 21.5. The number of ether oxygens (including phenoxy) is 1. The van der Waals surface area contributed by atoms with Crippen LogP contribution in [0.5, 0.6) is 5.75 Å². The summed E-state index contributed by atoms with van der Waals surface area (Å²) in [7, 11) is 0. The molecule has 0 aliphatic heterocycles. The van der Waals surface area contributed by atoms with Gasteiger partial charge in [0, 0.05) is 0 Å². The van der Waals surface area contributed by atoms with E-state index in [-0.39, 0.29) is 17.9 Å². The van der Waals surface area contributed by atoms with Gasteiger partial charge in [-0.25, -0.2) is 0 Å². The Labute approximate surface area is 177 Å². The first kappa shape index (κ1) is 21.1. The molecule has 3 rings (SSSR count). The van der Waals surface area contributed by atoms with Crippen molar-refractivity contribution in [2.24, 2.45) is 0 Å². The first-order chi connectivity index (χ1) is 14.4. The number of hydrogen-bond acceptors (Lipinski definition) is 3. The zero-order valence-electron chi connectivity index (χ0n) is 17.4. The van der Waals surface area contributed by atoms with E-state index in [1.807, 2.05) is 68.4 Å². The summed E-state index contributed by atoms with van der Waals surface area (Å²) in [5.41, 5.74) is 2.90. The molecule has 0 aromatic heterocycles. The van der Waals surface area contributed by atoms with Crippen molar-refractivity contribution in [3.05, 3.63) is 95.6 Å². The molecule has 0 unspecified atom stereocenters. The Balaban J connectivity index is 1.68. The molecule has 0 saturated heterocycles. The molecule has 0 fully saturated rings. The van der Waals surface area contributed by atoms with Crippen molar-refractivity contribution >= 4 is 17.5 Å². The van der Waals surface area contributed by atoms with Crippen molar-refractivity contribution in [1.29, 1.82) is 0 Å². The molecule has 0 saturated carbocycles. The number of benzene rings is 3. The fraction of sp³-hybridized carbons (Fsp3) is 0.200. The molecule has 0 spiro atoms. The summed E-state index contributed by atoms with van der Waals surface area (Å²) < 4.78 is 5.74. The van der Waals surface area contributed by atoms with E-state index in [4.69, 9.17) is 4.74 Å². The van der Waals surface area contributed by atoms with Gasteiger partial charge in [0.25, 0.3) is 11.8 Å². The first-order valence-corrected chi connectivity index (χ1v) is 9.93. The second-order valence-corrected chi connectivity index (χ2v) is 7.22. The largest absolute Gasteiger partial charge is 0.481 e. The van der Waals surface area contributed by atoms with Gasteiger partial charge in [-0.15, -0.1) is 0 Å². The molecule has 5 heteroatoms. The minimum absolute atomic E-state index is 0.161. The smallest absolute Gasteiger partial charge is 0.265 e. The summed E-state index contributed by atoms with van der Waals surface area (Å²) in [4.78, 5) is 25.5. The van der Waals surface area contributed by atoms with Crippen LogP contribution in [0.15, 0.2) is 78.9 Å².